The van der Waals surface area contributed by atoms with E-state index >= 15 is 0 Å². The molecule has 4 rings (SSSR count). The van der Waals surface area contributed by atoms with Crippen molar-refractivity contribution >= 4 is 33.2 Å². The third-order valence-corrected chi connectivity index (χ3v) is 6.31. The second-order valence-electron chi connectivity index (χ2n) is 6.93. The number of sulfonamides is 1. The summed E-state index contributed by atoms with van der Waals surface area (Å²) in [6.07, 6.45) is 1.69. The fraction of sp³-hybridized carbons (Fsp3) is 0.136. The van der Waals surface area contributed by atoms with Crippen molar-refractivity contribution in [1.82, 2.24) is 4.72 Å². The van der Waals surface area contributed by atoms with E-state index in [0.29, 0.717) is 22.2 Å². The van der Waals surface area contributed by atoms with Gasteiger partial charge >= 0.3 is 0 Å². The molecule has 3 aromatic carbocycles. The average molecular weight is 443 g/mol. The molecule has 0 aromatic heterocycles. The number of hydrogen-bond acceptors (Lipinski definition) is 4. The highest BCUT2D eigenvalue weighted by atomic mass is 35.5. The highest BCUT2D eigenvalue weighted by molar-refractivity contribution is 7.89. The zero-order valence-corrected chi connectivity index (χ0v) is 17.4. The van der Waals surface area contributed by atoms with Gasteiger partial charge in [-0.1, -0.05) is 29.8 Å². The predicted octanol–water partition coefficient (Wildman–Crippen LogP) is 4.83. The molecule has 154 valence electrons. The van der Waals surface area contributed by atoms with E-state index in [1.165, 1.54) is 12.1 Å². The average Bonchev–Trinajstić information content (AvgIpc) is 3.54. The SMILES string of the molecule is O=C(Nc1ccc(Oc2ccccc2Cl)cc1)c1cccc(S(=O)(=O)NC2CC2)c1. The van der Waals surface area contributed by atoms with Gasteiger partial charge in [0.1, 0.15) is 11.5 Å². The van der Waals surface area contributed by atoms with Crippen LogP contribution in [0.4, 0.5) is 5.69 Å². The highest BCUT2D eigenvalue weighted by Crippen LogP contribution is 2.29. The molecule has 0 saturated heterocycles. The van der Waals surface area contributed by atoms with Crippen molar-refractivity contribution in [3.8, 4) is 11.5 Å². The molecule has 1 aliphatic carbocycles. The number of hydrogen-bond donors (Lipinski definition) is 2. The number of rotatable bonds is 7. The van der Waals surface area contributed by atoms with Crippen LogP contribution in [-0.2, 0) is 10.0 Å². The van der Waals surface area contributed by atoms with Gasteiger partial charge in [-0.3, -0.25) is 4.79 Å². The minimum Gasteiger partial charge on any atom is -0.456 e. The first-order chi connectivity index (χ1) is 14.4. The van der Waals surface area contributed by atoms with Crippen molar-refractivity contribution in [2.45, 2.75) is 23.8 Å². The van der Waals surface area contributed by atoms with E-state index in [0.717, 1.165) is 12.8 Å². The molecule has 30 heavy (non-hydrogen) atoms. The molecule has 8 heteroatoms. The van der Waals surface area contributed by atoms with Gasteiger partial charge in [0.25, 0.3) is 5.91 Å². The van der Waals surface area contributed by atoms with Gasteiger partial charge in [0.05, 0.1) is 9.92 Å². The Bertz CT molecular complexity index is 1180. The van der Waals surface area contributed by atoms with Crippen molar-refractivity contribution in [3.63, 3.8) is 0 Å². The molecular weight excluding hydrogens is 424 g/mol. The van der Waals surface area contributed by atoms with E-state index < -0.39 is 15.9 Å². The number of benzene rings is 3. The lowest BCUT2D eigenvalue weighted by Gasteiger charge is -2.10. The topological polar surface area (TPSA) is 84.5 Å². The Balaban J connectivity index is 1.44. The Kier molecular flexibility index (Phi) is 5.76. The monoisotopic (exact) mass is 442 g/mol. The molecule has 0 heterocycles. The Labute approximate surface area is 179 Å². The quantitative estimate of drug-likeness (QED) is 0.549. The van der Waals surface area contributed by atoms with Crippen LogP contribution in [0.3, 0.4) is 0 Å². The van der Waals surface area contributed by atoms with Gasteiger partial charge in [-0.25, -0.2) is 13.1 Å². The normalized spacial score (nSPS) is 13.6. The molecule has 0 radical (unpaired) electrons. The van der Waals surface area contributed by atoms with Gasteiger partial charge in [-0.2, -0.15) is 0 Å². The highest BCUT2D eigenvalue weighted by Gasteiger charge is 2.28. The summed E-state index contributed by atoms with van der Waals surface area (Å²) in [5.74, 6) is 0.701. The van der Waals surface area contributed by atoms with E-state index in [1.807, 2.05) is 12.1 Å². The molecule has 0 unspecified atom stereocenters. The largest absolute Gasteiger partial charge is 0.456 e. The molecule has 3 aromatic rings. The molecule has 1 fully saturated rings. The van der Waals surface area contributed by atoms with Gasteiger partial charge < -0.3 is 10.1 Å². The van der Waals surface area contributed by atoms with Crippen LogP contribution in [0, 0.1) is 0 Å². The summed E-state index contributed by atoms with van der Waals surface area (Å²) in [7, 11) is -3.62. The molecule has 0 spiro atoms. The summed E-state index contributed by atoms with van der Waals surface area (Å²) in [5.41, 5.74) is 0.806. The Hall–Kier alpha value is -2.87. The molecule has 1 amide bonds. The molecule has 0 bridgehead atoms. The number of carbonyl (C=O) groups excluding carboxylic acids is 1. The first-order valence-corrected chi connectivity index (χ1v) is 11.2. The summed E-state index contributed by atoms with van der Waals surface area (Å²) < 4.78 is 33.1. The standard InChI is InChI=1S/C22H19ClN2O4S/c23-20-6-1-2-7-21(20)29-18-12-10-16(11-13-18)24-22(26)15-4-3-5-19(14-15)30(27,28)25-17-8-9-17/h1-7,10-14,17,25H,8-9H2,(H,24,26). The minimum atomic E-state index is -3.62. The van der Waals surface area contributed by atoms with Crippen LogP contribution in [0.1, 0.15) is 23.2 Å². The first kappa shape index (κ1) is 20.4. The lowest BCUT2D eigenvalue weighted by molar-refractivity contribution is 0.102. The van der Waals surface area contributed by atoms with Crippen molar-refractivity contribution in [1.29, 1.82) is 0 Å². The van der Waals surface area contributed by atoms with Gasteiger partial charge in [0.15, 0.2) is 0 Å². The minimum absolute atomic E-state index is 0.000941. The summed E-state index contributed by atoms with van der Waals surface area (Å²) in [4.78, 5) is 12.6. The maximum absolute atomic E-state index is 12.6. The van der Waals surface area contributed by atoms with Gasteiger partial charge in [-0.05, 0) is 67.4 Å². The van der Waals surface area contributed by atoms with Gasteiger partial charge in [0, 0.05) is 17.3 Å². The molecule has 0 aliphatic heterocycles. The van der Waals surface area contributed by atoms with E-state index in [2.05, 4.69) is 10.0 Å². The van der Waals surface area contributed by atoms with Crippen molar-refractivity contribution in [3.05, 3.63) is 83.4 Å². The van der Waals surface area contributed by atoms with Crippen molar-refractivity contribution in [2.75, 3.05) is 5.32 Å². The van der Waals surface area contributed by atoms with Gasteiger partial charge in [-0.15, -0.1) is 0 Å². The summed E-state index contributed by atoms with van der Waals surface area (Å²) in [5, 5.41) is 3.26. The first-order valence-electron chi connectivity index (χ1n) is 9.37. The van der Waals surface area contributed by atoms with Crippen LogP contribution in [0.5, 0.6) is 11.5 Å². The lowest BCUT2D eigenvalue weighted by atomic mass is 10.2. The van der Waals surface area contributed by atoms with Crippen LogP contribution in [0.15, 0.2) is 77.7 Å². The fourth-order valence-electron chi connectivity index (χ4n) is 2.76. The van der Waals surface area contributed by atoms with Crippen LogP contribution < -0.4 is 14.8 Å². The number of ether oxygens (including phenoxy) is 1. The third kappa shape index (κ3) is 4.99. The number of nitrogens with one attached hydrogen (secondary N) is 2. The Morgan fingerprint density at radius 3 is 2.40 bits per heavy atom. The third-order valence-electron chi connectivity index (χ3n) is 4.48. The number of amides is 1. The number of carbonyl (C=O) groups is 1. The summed E-state index contributed by atoms with van der Waals surface area (Å²) >= 11 is 6.09. The maximum Gasteiger partial charge on any atom is 0.255 e. The van der Waals surface area contributed by atoms with E-state index in [9.17, 15) is 13.2 Å². The van der Waals surface area contributed by atoms with Crippen LogP contribution >= 0.6 is 11.6 Å². The Morgan fingerprint density at radius 1 is 0.967 bits per heavy atom. The van der Waals surface area contributed by atoms with Crippen molar-refractivity contribution in [2.24, 2.45) is 0 Å². The summed E-state index contributed by atoms with van der Waals surface area (Å²) in [6, 6.07) is 19.9. The number of halogens is 1. The van der Waals surface area contributed by atoms with Crippen LogP contribution in [-0.4, -0.2) is 20.4 Å². The zero-order valence-electron chi connectivity index (χ0n) is 15.8. The molecule has 1 aliphatic rings. The lowest BCUT2D eigenvalue weighted by Crippen LogP contribution is -2.26. The van der Waals surface area contributed by atoms with E-state index in [-0.39, 0.29) is 16.5 Å². The molecule has 2 N–H and O–H groups in total. The Morgan fingerprint density at radius 2 is 1.70 bits per heavy atom. The molecule has 1 saturated carbocycles. The van der Waals surface area contributed by atoms with Crippen molar-refractivity contribution < 1.29 is 17.9 Å². The predicted molar refractivity (Wildman–Crippen MR) is 116 cm³/mol. The van der Waals surface area contributed by atoms with Crippen LogP contribution in [0.2, 0.25) is 5.02 Å². The molecule has 6 nitrogen and oxygen atoms in total. The van der Waals surface area contributed by atoms with E-state index in [4.69, 9.17) is 16.3 Å². The second kappa shape index (κ2) is 8.47. The molecule has 0 atom stereocenters. The maximum atomic E-state index is 12.6. The molecular formula is C22H19ClN2O4S. The van der Waals surface area contributed by atoms with Gasteiger partial charge in [0.2, 0.25) is 10.0 Å². The smallest absolute Gasteiger partial charge is 0.255 e. The van der Waals surface area contributed by atoms with E-state index in [1.54, 1.807) is 48.5 Å². The second-order valence-corrected chi connectivity index (χ2v) is 9.06. The van der Waals surface area contributed by atoms with Crippen LogP contribution in [0.25, 0.3) is 0 Å². The summed E-state index contributed by atoms with van der Waals surface area (Å²) in [6.45, 7) is 0. The zero-order chi connectivity index (χ0) is 21.1. The fourth-order valence-corrected chi connectivity index (χ4v) is 4.28. The number of anilines is 1. The number of para-hydroxylation sites is 1.